The molecule has 302 valence electrons. The number of hydrogen-bond acceptors (Lipinski definition) is 2. The van der Waals surface area contributed by atoms with E-state index in [9.17, 15) is 0 Å². The molecule has 0 aliphatic heterocycles. The van der Waals surface area contributed by atoms with Crippen LogP contribution in [0.3, 0.4) is 0 Å². The maximum atomic E-state index is 5.33. The molecule has 0 atom stereocenters. The highest BCUT2D eigenvalue weighted by atomic mass is 15.2. The summed E-state index contributed by atoms with van der Waals surface area (Å²) in [5, 5.41) is 10.2. The predicted octanol–water partition coefficient (Wildman–Crippen LogP) is 16.0. The summed E-state index contributed by atoms with van der Waals surface area (Å²) in [7, 11) is 0. The van der Waals surface area contributed by atoms with Crippen molar-refractivity contribution in [1.29, 1.82) is 0 Å². The van der Waals surface area contributed by atoms with Crippen molar-refractivity contribution in [1.82, 2.24) is 14.2 Å². The van der Waals surface area contributed by atoms with Gasteiger partial charge in [-0.05, 0) is 107 Å². The molecule has 4 heteroatoms. The fourth-order valence-electron chi connectivity index (χ4n) is 9.58. The Morgan fingerprint density at radius 3 is 1.52 bits per heavy atom. The molecule has 3 aromatic heterocycles. The Balaban J connectivity index is 0.939. The lowest BCUT2D eigenvalue weighted by Crippen LogP contribution is -2.09. The molecule has 0 radical (unpaired) electrons. The van der Waals surface area contributed by atoms with Crippen LogP contribution >= 0.6 is 0 Å². The summed E-state index contributed by atoms with van der Waals surface area (Å²) in [5.41, 5.74) is 18.1. The van der Waals surface area contributed by atoms with Gasteiger partial charge in [-0.25, -0.2) is 4.52 Å². The molecule has 3 heterocycles. The molecule has 0 unspecified atom stereocenters. The summed E-state index contributed by atoms with van der Waals surface area (Å²) < 4.78 is 4.50. The van der Waals surface area contributed by atoms with E-state index in [1.807, 2.05) is 0 Å². The highest BCUT2D eigenvalue weighted by molar-refractivity contribution is 6.10. The van der Waals surface area contributed by atoms with Gasteiger partial charge in [0.25, 0.3) is 0 Å². The Bertz CT molecular complexity index is 3630. The van der Waals surface area contributed by atoms with Crippen LogP contribution in [-0.2, 0) is 0 Å². The molecule has 9 aromatic carbocycles. The van der Waals surface area contributed by atoms with Crippen molar-refractivity contribution in [3.05, 3.63) is 242 Å². The van der Waals surface area contributed by atoms with Crippen LogP contribution in [0.1, 0.15) is 5.56 Å². The van der Waals surface area contributed by atoms with E-state index in [1.54, 1.807) is 0 Å². The van der Waals surface area contributed by atoms with E-state index in [1.165, 1.54) is 54.8 Å². The quantitative estimate of drug-likeness (QED) is 0.153. The maximum absolute atomic E-state index is 5.33. The topological polar surface area (TPSA) is 25.5 Å². The van der Waals surface area contributed by atoms with E-state index >= 15 is 0 Å². The van der Waals surface area contributed by atoms with Crippen LogP contribution in [0.25, 0.3) is 88.6 Å². The second-order valence-electron chi connectivity index (χ2n) is 16.5. The number of hydrogen-bond donors (Lipinski definition) is 0. The average Bonchev–Trinajstić information content (AvgIpc) is 3.90. The standard InChI is InChI=1S/C60H42N4/c1-41-59(61-64-58(45-17-7-3-8-18-45)40-48-19-11-12-22-53(48)60(41)64)46-29-36-52(37-30-46)62(50-32-25-43(26-33-50)42-15-5-2-6-16-42)51-34-27-44(28-35-51)47-31-38-57-55(39-47)54-23-13-14-24-56(54)63(57)49-20-9-4-10-21-49/h2-40H,1H3. The van der Waals surface area contributed by atoms with Crippen molar-refractivity contribution in [2.75, 3.05) is 4.90 Å². The summed E-state index contributed by atoms with van der Waals surface area (Å²) in [5.74, 6) is 0. The predicted molar refractivity (Wildman–Crippen MR) is 268 cm³/mol. The van der Waals surface area contributed by atoms with Gasteiger partial charge in [-0.15, -0.1) is 0 Å². The van der Waals surface area contributed by atoms with Gasteiger partial charge >= 0.3 is 0 Å². The molecule has 0 N–H and O–H groups in total. The lowest BCUT2D eigenvalue weighted by molar-refractivity contribution is 0.979. The van der Waals surface area contributed by atoms with Gasteiger partial charge in [-0.2, -0.15) is 5.10 Å². The fraction of sp³-hybridized carbons (Fsp3) is 0.0167. The molecule has 0 spiro atoms. The summed E-state index contributed by atoms with van der Waals surface area (Å²) in [6.45, 7) is 2.20. The Kier molecular flexibility index (Phi) is 9.01. The molecule has 0 saturated heterocycles. The van der Waals surface area contributed by atoms with Gasteiger partial charge in [0.15, 0.2) is 0 Å². The van der Waals surface area contributed by atoms with Gasteiger partial charge in [-0.1, -0.05) is 164 Å². The first-order valence-corrected chi connectivity index (χ1v) is 21.9. The summed E-state index contributed by atoms with van der Waals surface area (Å²) >= 11 is 0. The van der Waals surface area contributed by atoms with E-state index in [0.717, 1.165) is 56.3 Å². The van der Waals surface area contributed by atoms with Gasteiger partial charge in [0.2, 0.25) is 0 Å². The van der Waals surface area contributed by atoms with Crippen molar-refractivity contribution in [3.8, 4) is 50.5 Å². The molecule has 4 nitrogen and oxygen atoms in total. The van der Waals surface area contributed by atoms with E-state index in [0.29, 0.717) is 0 Å². The molecule has 0 aliphatic carbocycles. The smallest absolute Gasteiger partial charge is 0.0963 e. The summed E-state index contributed by atoms with van der Waals surface area (Å²) in [6.07, 6.45) is 0. The second-order valence-corrected chi connectivity index (χ2v) is 16.5. The number of aromatic nitrogens is 3. The van der Waals surface area contributed by atoms with Gasteiger partial charge in [0.05, 0.1) is 27.9 Å². The van der Waals surface area contributed by atoms with Crippen LogP contribution in [0.5, 0.6) is 0 Å². The molecule has 12 aromatic rings. The summed E-state index contributed by atoms with van der Waals surface area (Å²) in [6, 6.07) is 85.0. The zero-order valence-electron chi connectivity index (χ0n) is 35.3. The van der Waals surface area contributed by atoms with Crippen LogP contribution in [0, 0.1) is 6.92 Å². The molecular weight excluding hydrogens is 777 g/mol. The van der Waals surface area contributed by atoms with Crippen molar-refractivity contribution in [2.24, 2.45) is 0 Å². The second kappa shape index (κ2) is 15.5. The van der Waals surface area contributed by atoms with E-state index in [4.69, 9.17) is 5.10 Å². The Labute approximate surface area is 372 Å². The largest absolute Gasteiger partial charge is 0.311 e. The van der Waals surface area contributed by atoms with Crippen LogP contribution in [0.2, 0.25) is 0 Å². The monoisotopic (exact) mass is 818 g/mol. The number of rotatable bonds is 8. The number of aryl methyl sites for hydroxylation is 1. The number of pyridine rings is 1. The molecular formula is C60H42N4. The number of benzene rings is 9. The number of anilines is 3. The lowest BCUT2D eigenvalue weighted by atomic mass is 10.0. The maximum Gasteiger partial charge on any atom is 0.0963 e. The normalized spacial score (nSPS) is 11.5. The average molecular weight is 819 g/mol. The molecule has 0 saturated carbocycles. The number of nitrogens with zero attached hydrogens (tertiary/aromatic N) is 4. The third-order valence-corrected chi connectivity index (χ3v) is 12.7. The van der Waals surface area contributed by atoms with Gasteiger partial charge in [0, 0.05) is 55.6 Å². The zero-order valence-corrected chi connectivity index (χ0v) is 35.3. The van der Waals surface area contributed by atoms with Crippen LogP contribution in [0.4, 0.5) is 17.1 Å². The van der Waals surface area contributed by atoms with Gasteiger partial charge in [-0.3, -0.25) is 0 Å². The molecule has 0 amide bonds. The van der Waals surface area contributed by atoms with Crippen LogP contribution < -0.4 is 4.90 Å². The third kappa shape index (κ3) is 6.35. The van der Waals surface area contributed by atoms with Crippen LogP contribution in [-0.4, -0.2) is 14.2 Å². The minimum absolute atomic E-state index is 0.979. The van der Waals surface area contributed by atoms with Crippen molar-refractivity contribution >= 4 is 55.2 Å². The Morgan fingerprint density at radius 1 is 0.375 bits per heavy atom. The van der Waals surface area contributed by atoms with Gasteiger partial charge in [0.1, 0.15) is 0 Å². The molecule has 64 heavy (non-hydrogen) atoms. The number of fused-ring (bicyclic) bond motifs is 6. The Morgan fingerprint density at radius 2 is 0.859 bits per heavy atom. The molecule has 0 bridgehead atoms. The Hall–Kier alpha value is -8.47. The SMILES string of the molecule is Cc1c(-c2ccc(N(c3ccc(-c4ccccc4)cc3)c3ccc(-c4ccc5c(c4)c4ccccc4n5-c4ccccc4)cc3)cc2)nn2c(-c3ccccc3)cc3ccccc3c12. The first-order chi connectivity index (χ1) is 31.7. The van der Waals surface area contributed by atoms with Gasteiger partial charge < -0.3 is 9.47 Å². The minimum atomic E-state index is 0.979. The fourth-order valence-corrected chi connectivity index (χ4v) is 9.58. The molecule has 0 aliphatic rings. The summed E-state index contributed by atoms with van der Waals surface area (Å²) in [4.78, 5) is 2.34. The van der Waals surface area contributed by atoms with E-state index in [2.05, 4.69) is 257 Å². The first-order valence-electron chi connectivity index (χ1n) is 21.9. The van der Waals surface area contributed by atoms with Crippen molar-refractivity contribution < 1.29 is 0 Å². The van der Waals surface area contributed by atoms with Crippen LogP contribution in [0.15, 0.2) is 237 Å². The zero-order chi connectivity index (χ0) is 42.6. The molecule has 0 fully saturated rings. The van der Waals surface area contributed by atoms with E-state index < -0.39 is 0 Å². The third-order valence-electron chi connectivity index (χ3n) is 12.7. The van der Waals surface area contributed by atoms with Crippen molar-refractivity contribution in [2.45, 2.75) is 6.92 Å². The minimum Gasteiger partial charge on any atom is -0.311 e. The molecule has 12 rings (SSSR count). The van der Waals surface area contributed by atoms with E-state index in [-0.39, 0.29) is 0 Å². The lowest BCUT2D eigenvalue weighted by Gasteiger charge is -2.26. The van der Waals surface area contributed by atoms with Crippen molar-refractivity contribution in [3.63, 3.8) is 0 Å². The number of para-hydroxylation sites is 2. The highest BCUT2D eigenvalue weighted by Gasteiger charge is 2.20. The highest BCUT2D eigenvalue weighted by Crippen LogP contribution is 2.41. The first kappa shape index (κ1) is 37.3.